The number of nitrogens with zero attached hydrogens (tertiary/aromatic N) is 2. The molecule has 0 bridgehead atoms. The van der Waals surface area contributed by atoms with Gasteiger partial charge in [-0.2, -0.15) is 0 Å². The molecule has 0 aliphatic carbocycles. The van der Waals surface area contributed by atoms with E-state index in [1.807, 2.05) is 12.1 Å². The minimum Gasteiger partial charge on any atom is -0.872 e. The Labute approximate surface area is 117 Å². The fraction of sp³-hybridized carbons (Fsp3) is 0. The van der Waals surface area contributed by atoms with Crippen molar-refractivity contribution in [3.63, 3.8) is 0 Å². The van der Waals surface area contributed by atoms with E-state index in [1.54, 1.807) is 12.1 Å². The van der Waals surface area contributed by atoms with Crippen LogP contribution in [0.1, 0.15) is 5.56 Å². The molecule has 2 aromatic rings. The highest BCUT2D eigenvalue weighted by Crippen LogP contribution is 2.21. The summed E-state index contributed by atoms with van der Waals surface area (Å²) >= 11 is 3.31. The van der Waals surface area contributed by atoms with Gasteiger partial charge in [-0.15, -0.1) is 0 Å². The molecule has 0 amide bonds. The van der Waals surface area contributed by atoms with Gasteiger partial charge in [-0.3, -0.25) is 15.1 Å². The molecule has 5 nitrogen and oxygen atoms in total. The van der Waals surface area contributed by atoms with E-state index in [2.05, 4.69) is 20.9 Å². The maximum absolute atomic E-state index is 11.6. The van der Waals surface area contributed by atoms with Crippen LogP contribution in [0.5, 0.6) is 5.75 Å². The summed E-state index contributed by atoms with van der Waals surface area (Å²) < 4.78 is 0.864. The first-order valence-corrected chi connectivity index (χ1v) is 6.10. The number of nitro groups is 1. The average Bonchev–Trinajstić information content (AvgIpc) is 2.37. The molecule has 2 rings (SSSR count). The van der Waals surface area contributed by atoms with Crippen LogP contribution >= 0.6 is 15.9 Å². The van der Waals surface area contributed by atoms with E-state index in [9.17, 15) is 15.2 Å². The number of nitro benzene ring substituents is 1. The highest BCUT2D eigenvalue weighted by Gasteiger charge is 2.05. The molecule has 0 aromatic heterocycles. The van der Waals surface area contributed by atoms with Crippen molar-refractivity contribution < 1.29 is 10.0 Å². The van der Waals surface area contributed by atoms with Gasteiger partial charge in [0.05, 0.1) is 10.6 Å². The van der Waals surface area contributed by atoms with E-state index in [-0.39, 0.29) is 17.0 Å². The number of benzene rings is 2. The quantitative estimate of drug-likeness (QED) is 0.495. The van der Waals surface area contributed by atoms with Gasteiger partial charge in [-0.1, -0.05) is 33.8 Å². The predicted molar refractivity (Wildman–Crippen MR) is 73.9 cm³/mol. The van der Waals surface area contributed by atoms with Gasteiger partial charge in [-0.25, -0.2) is 0 Å². The standard InChI is InChI=1S/C13H9BrN2O3/c14-10-2-1-3-11(7-10)15-8-9-6-12(16(18)19)4-5-13(9)17/h1-8,17H/p-1. The number of hydrogen-bond donors (Lipinski definition) is 0. The Hall–Kier alpha value is -2.21. The third-order valence-corrected chi connectivity index (χ3v) is 2.86. The summed E-state index contributed by atoms with van der Waals surface area (Å²) in [5, 5.41) is 22.2. The minimum atomic E-state index is -0.546. The molecular formula is C13H8BrN2O3-. The van der Waals surface area contributed by atoms with Gasteiger partial charge in [-0.05, 0) is 23.8 Å². The van der Waals surface area contributed by atoms with Gasteiger partial charge in [0.2, 0.25) is 0 Å². The molecule has 0 heterocycles. The third kappa shape index (κ3) is 3.38. The second-order valence-electron chi connectivity index (χ2n) is 3.72. The molecule has 19 heavy (non-hydrogen) atoms. The molecule has 0 aliphatic rings. The molecule has 2 aromatic carbocycles. The molecule has 0 radical (unpaired) electrons. The number of aliphatic imine (C=N–C) groups is 1. The van der Waals surface area contributed by atoms with Crippen LogP contribution in [-0.4, -0.2) is 11.1 Å². The SMILES string of the molecule is O=[N+]([O-])c1ccc([O-])c(C=Nc2cccc(Br)c2)c1. The van der Waals surface area contributed by atoms with Gasteiger partial charge < -0.3 is 5.11 Å². The fourth-order valence-corrected chi connectivity index (χ4v) is 1.84. The lowest BCUT2D eigenvalue weighted by molar-refractivity contribution is -0.385. The molecule has 0 saturated heterocycles. The van der Waals surface area contributed by atoms with Crippen molar-refractivity contribution in [1.82, 2.24) is 0 Å². The molecule has 0 atom stereocenters. The van der Waals surface area contributed by atoms with E-state index in [1.165, 1.54) is 24.4 Å². The van der Waals surface area contributed by atoms with Crippen LogP contribution in [-0.2, 0) is 0 Å². The Morgan fingerprint density at radius 2 is 2.00 bits per heavy atom. The number of non-ortho nitro benzene ring substituents is 1. The van der Waals surface area contributed by atoms with E-state index >= 15 is 0 Å². The lowest BCUT2D eigenvalue weighted by Gasteiger charge is -2.08. The molecule has 0 N–H and O–H groups in total. The zero-order chi connectivity index (χ0) is 13.8. The predicted octanol–water partition coefficient (Wildman–Crippen LogP) is 3.18. The summed E-state index contributed by atoms with van der Waals surface area (Å²) in [6.45, 7) is 0. The van der Waals surface area contributed by atoms with Gasteiger partial charge in [0, 0.05) is 22.8 Å². The third-order valence-electron chi connectivity index (χ3n) is 2.37. The summed E-state index contributed by atoms with van der Waals surface area (Å²) in [5.41, 5.74) is 0.713. The van der Waals surface area contributed by atoms with Crippen molar-refractivity contribution in [2.24, 2.45) is 4.99 Å². The van der Waals surface area contributed by atoms with Crippen molar-refractivity contribution in [1.29, 1.82) is 0 Å². The number of rotatable bonds is 3. The molecule has 0 saturated carbocycles. The van der Waals surface area contributed by atoms with E-state index in [0.717, 1.165) is 4.47 Å². The Kier molecular flexibility index (Phi) is 3.91. The summed E-state index contributed by atoms with van der Waals surface area (Å²) in [6.07, 6.45) is 1.33. The maximum atomic E-state index is 11.6. The van der Waals surface area contributed by atoms with Gasteiger partial charge >= 0.3 is 0 Å². The first kappa shape index (κ1) is 13.2. The zero-order valence-electron chi connectivity index (χ0n) is 9.62. The van der Waals surface area contributed by atoms with Crippen LogP contribution < -0.4 is 5.11 Å². The van der Waals surface area contributed by atoms with E-state index in [4.69, 9.17) is 0 Å². The van der Waals surface area contributed by atoms with Crippen LogP contribution in [0.4, 0.5) is 11.4 Å². The number of hydrogen-bond acceptors (Lipinski definition) is 4. The monoisotopic (exact) mass is 319 g/mol. The van der Waals surface area contributed by atoms with Crippen LogP contribution in [0.15, 0.2) is 51.9 Å². The highest BCUT2D eigenvalue weighted by molar-refractivity contribution is 9.10. The summed E-state index contributed by atoms with van der Waals surface area (Å²) in [6, 6.07) is 10.8. The lowest BCUT2D eigenvalue weighted by atomic mass is 10.2. The number of halogens is 1. The van der Waals surface area contributed by atoms with E-state index < -0.39 is 4.92 Å². The Morgan fingerprint density at radius 3 is 2.68 bits per heavy atom. The van der Waals surface area contributed by atoms with Crippen molar-refractivity contribution in [2.45, 2.75) is 0 Å². The zero-order valence-corrected chi connectivity index (χ0v) is 11.2. The molecule has 0 fully saturated rings. The van der Waals surface area contributed by atoms with Crippen molar-refractivity contribution >= 4 is 33.5 Å². The van der Waals surface area contributed by atoms with Crippen molar-refractivity contribution in [2.75, 3.05) is 0 Å². The molecule has 0 aliphatic heterocycles. The highest BCUT2D eigenvalue weighted by atomic mass is 79.9. The molecule has 0 unspecified atom stereocenters. The molecule has 6 heteroatoms. The van der Waals surface area contributed by atoms with Crippen LogP contribution in [0, 0.1) is 10.1 Å². The van der Waals surface area contributed by atoms with Gasteiger partial charge in [0.15, 0.2) is 0 Å². The largest absolute Gasteiger partial charge is 0.872 e. The van der Waals surface area contributed by atoms with Crippen molar-refractivity contribution in [3.8, 4) is 5.75 Å². The summed E-state index contributed by atoms with van der Waals surface area (Å²) in [5.74, 6) is -0.302. The van der Waals surface area contributed by atoms with Crippen LogP contribution in [0.3, 0.4) is 0 Å². The average molecular weight is 320 g/mol. The second kappa shape index (κ2) is 5.62. The second-order valence-corrected chi connectivity index (χ2v) is 4.63. The normalized spacial score (nSPS) is 10.8. The van der Waals surface area contributed by atoms with Gasteiger partial charge in [0.1, 0.15) is 0 Å². The Bertz CT molecular complexity index is 656. The lowest BCUT2D eigenvalue weighted by Crippen LogP contribution is -1.98. The minimum absolute atomic E-state index is 0.129. The first-order chi connectivity index (χ1) is 9.06. The Balaban J connectivity index is 2.32. The smallest absolute Gasteiger partial charge is 0.270 e. The molecule has 0 spiro atoms. The topological polar surface area (TPSA) is 78.6 Å². The summed E-state index contributed by atoms with van der Waals surface area (Å²) in [4.78, 5) is 14.2. The maximum Gasteiger partial charge on any atom is 0.270 e. The van der Waals surface area contributed by atoms with Crippen LogP contribution in [0.25, 0.3) is 0 Å². The Morgan fingerprint density at radius 1 is 1.21 bits per heavy atom. The van der Waals surface area contributed by atoms with Gasteiger partial charge in [0.25, 0.3) is 5.69 Å². The first-order valence-electron chi connectivity index (χ1n) is 5.31. The molecule has 96 valence electrons. The summed E-state index contributed by atoms with van der Waals surface area (Å²) in [7, 11) is 0. The fourth-order valence-electron chi connectivity index (χ4n) is 1.45. The van der Waals surface area contributed by atoms with Crippen LogP contribution in [0.2, 0.25) is 0 Å². The molecular weight excluding hydrogens is 312 g/mol. The van der Waals surface area contributed by atoms with Crippen molar-refractivity contribution in [3.05, 3.63) is 62.6 Å². The van der Waals surface area contributed by atoms with E-state index in [0.29, 0.717) is 5.69 Å².